The van der Waals surface area contributed by atoms with Gasteiger partial charge in [-0.3, -0.25) is 14.4 Å². The molecule has 0 rings (SSSR count). The van der Waals surface area contributed by atoms with Crippen molar-refractivity contribution in [1.82, 2.24) is 0 Å². The zero-order valence-corrected chi connectivity index (χ0v) is 8.98. The molecule has 0 saturated heterocycles. The van der Waals surface area contributed by atoms with Crippen LogP contribution in [0.15, 0.2) is 12.2 Å². The maximum absolute atomic E-state index is 11.1. The Bertz CT molecular complexity index is 264. The number of hydrogen-bond donors (Lipinski definition) is 0. The Labute approximate surface area is 88.0 Å². The molecule has 0 N–H and O–H groups in total. The van der Waals surface area contributed by atoms with Crippen molar-refractivity contribution in [2.24, 2.45) is 5.92 Å². The van der Waals surface area contributed by atoms with E-state index < -0.39 is 17.9 Å². The van der Waals surface area contributed by atoms with Crippen molar-refractivity contribution in [3.63, 3.8) is 0 Å². The third-order valence-corrected chi connectivity index (χ3v) is 1.70. The summed E-state index contributed by atoms with van der Waals surface area (Å²) in [6, 6.07) is 0. The second-order valence-corrected chi connectivity index (χ2v) is 2.85. The first kappa shape index (κ1) is 13.4. The lowest BCUT2D eigenvalue weighted by atomic mass is 10.1. The fraction of sp³-hybridized carbons (Fsp3) is 0.500. The van der Waals surface area contributed by atoms with Crippen LogP contribution < -0.4 is 0 Å². The first-order chi connectivity index (χ1) is 7.02. The van der Waals surface area contributed by atoms with Crippen molar-refractivity contribution < 1.29 is 23.9 Å². The summed E-state index contributed by atoms with van der Waals surface area (Å²) in [5.74, 6) is -2.50. The molecule has 0 aliphatic rings. The number of rotatable bonds is 5. The molecule has 0 radical (unpaired) electrons. The fourth-order valence-electron chi connectivity index (χ4n) is 0.943. The molecule has 0 saturated carbocycles. The number of ether oxygens (including phenoxy) is 2. The third kappa shape index (κ3) is 4.95. The monoisotopic (exact) mass is 214 g/mol. The Morgan fingerprint density at radius 2 is 1.60 bits per heavy atom. The van der Waals surface area contributed by atoms with E-state index in [4.69, 9.17) is 0 Å². The molecule has 84 valence electrons. The Kier molecular flexibility index (Phi) is 6.01. The number of ketones is 1. The Balaban J connectivity index is 4.45. The average molecular weight is 214 g/mol. The van der Waals surface area contributed by atoms with Crippen molar-refractivity contribution in [1.29, 1.82) is 0 Å². The zero-order valence-electron chi connectivity index (χ0n) is 8.98. The number of carbonyl (C=O) groups excluding carboxylic acids is 3. The summed E-state index contributed by atoms with van der Waals surface area (Å²) in [5, 5.41) is 0. The van der Waals surface area contributed by atoms with Gasteiger partial charge < -0.3 is 9.47 Å². The molecule has 0 aliphatic heterocycles. The van der Waals surface area contributed by atoms with E-state index in [1.165, 1.54) is 33.3 Å². The molecule has 0 amide bonds. The quantitative estimate of drug-likeness (QED) is 0.378. The average Bonchev–Trinajstić information content (AvgIpc) is 2.22. The van der Waals surface area contributed by atoms with Crippen molar-refractivity contribution in [3.05, 3.63) is 12.2 Å². The molecule has 5 nitrogen and oxygen atoms in total. The summed E-state index contributed by atoms with van der Waals surface area (Å²) in [4.78, 5) is 32.9. The van der Waals surface area contributed by atoms with E-state index in [2.05, 4.69) is 9.47 Å². The lowest BCUT2D eigenvalue weighted by molar-refractivity contribution is -0.158. The van der Waals surface area contributed by atoms with E-state index in [1.54, 1.807) is 0 Å². The van der Waals surface area contributed by atoms with E-state index in [-0.39, 0.29) is 12.2 Å². The van der Waals surface area contributed by atoms with E-state index in [0.717, 1.165) is 0 Å². The predicted octanol–water partition coefficient (Wildman–Crippen LogP) is 0.484. The highest BCUT2D eigenvalue weighted by Crippen LogP contribution is 2.08. The van der Waals surface area contributed by atoms with Crippen LogP contribution in [0, 0.1) is 5.92 Å². The fourth-order valence-corrected chi connectivity index (χ4v) is 0.943. The van der Waals surface area contributed by atoms with Gasteiger partial charge in [0.05, 0.1) is 14.2 Å². The third-order valence-electron chi connectivity index (χ3n) is 1.70. The first-order valence-corrected chi connectivity index (χ1v) is 4.35. The van der Waals surface area contributed by atoms with Gasteiger partial charge >= 0.3 is 11.9 Å². The maximum Gasteiger partial charge on any atom is 0.320 e. The zero-order chi connectivity index (χ0) is 11.8. The molecule has 5 heteroatoms. The van der Waals surface area contributed by atoms with E-state index >= 15 is 0 Å². The highest BCUT2D eigenvalue weighted by atomic mass is 16.5. The number of esters is 2. The minimum Gasteiger partial charge on any atom is -0.468 e. The lowest BCUT2D eigenvalue weighted by Crippen LogP contribution is -2.25. The standard InChI is InChI=1S/C10H14O5/c1-7(11)5-4-6-8(9(12)14-2)10(13)15-3/h4-5,8H,6H2,1-3H3/b5-4+. The minimum absolute atomic E-state index is 0.0962. The van der Waals surface area contributed by atoms with Gasteiger partial charge in [0.2, 0.25) is 0 Å². The van der Waals surface area contributed by atoms with E-state index in [9.17, 15) is 14.4 Å². The van der Waals surface area contributed by atoms with Gasteiger partial charge in [0.1, 0.15) is 0 Å². The van der Waals surface area contributed by atoms with Gasteiger partial charge in [0.15, 0.2) is 11.7 Å². The van der Waals surface area contributed by atoms with Gasteiger partial charge in [0.25, 0.3) is 0 Å². The highest BCUT2D eigenvalue weighted by Gasteiger charge is 2.26. The molecule has 0 aromatic heterocycles. The van der Waals surface area contributed by atoms with Gasteiger partial charge in [-0.25, -0.2) is 0 Å². The molecule has 15 heavy (non-hydrogen) atoms. The van der Waals surface area contributed by atoms with Crippen LogP contribution in [-0.2, 0) is 23.9 Å². The molecule has 0 aromatic rings. The summed E-state index contributed by atoms with van der Waals surface area (Å²) in [7, 11) is 2.37. The van der Waals surface area contributed by atoms with E-state index in [1.807, 2.05) is 0 Å². The summed E-state index contributed by atoms with van der Waals surface area (Å²) < 4.78 is 8.87. The molecule has 0 atom stereocenters. The van der Waals surface area contributed by atoms with Crippen LogP contribution in [0.3, 0.4) is 0 Å². The van der Waals surface area contributed by atoms with Crippen LogP contribution in [0.5, 0.6) is 0 Å². The Hall–Kier alpha value is -1.65. The van der Waals surface area contributed by atoms with Crippen molar-refractivity contribution in [2.75, 3.05) is 14.2 Å². The van der Waals surface area contributed by atoms with Crippen LogP contribution in [0.4, 0.5) is 0 Å². The molecule has 0 spiro atoms. The summed E-state index contributed by atoms with van der Waals surface area (Å²) in [6.07, 6.45) is 2.83. The van der Waals surface area contributed by atoms with Crippen molar-refractivity contribution in [2.45, 2.75) is 13.3 Å². The molecule has 0 unspecified atom stereocenters. The van der Waals surface area contributed by atoms with Gasteiger partial charge in [-0.15, -0.1) is 0 Å². The van der Waals surface area contributed by atoms with Crippen LogP contribution in [0.1, 0.15) is 13.3 Å². The molecule has 0 fully saturated rings. The lowest BCUT2D eigenvalue weighted by Gasteiger charge is -2.09. The Morgan fingerprint density at radius 3 is 1.93 bits per heavy atom. The molecular weight excluding hydrogens is 200 g/mol. The topological polar surface area (TPSA) is 69.7 Å². The number of carbonyl (C=O) groups is 3. The van der Waals surface area contributed by atoms with Gasteiger partial charge in [-0.05, 0) is 19.4 Å². The number of hydrogen-bond acceptors (Lipinski definition) is 5. The molecular formula is C10H14O5. The molecule has 0 aromatic carbocycles. The first-order valence-electron chi connectivity index (χ1n) is 4.35. The van der Waals surface area contributed by atoms with Gasteiger partial charge in [0, 0.05) is 0 Å². The molecule has 0 bridgehead atoms. The van der Waals surface area contributed by atoms with Crippen molar-refractivity contribution >= 4 is 17.7 Å². The van der Waals surface area contributed by atoms with Gasteiger partial charge in [-0.2, -0.15) is 0 Å². The van der Waals surface area contributed by atoms with Crippen LogP contribution in [0.2, 0.25) is 0 Å². The largest absolute Gasteiger partial charge is 0.468 e. The van der Waals surface area contributed by atoms with Gasteiger partial charge in [-0.1, -0.05) is 6.08 Å². The smallest absolute Gasteiger partial charge is 0.320 e. The number of allylic oxidation sites excluding steroid dienone is 2. The minimum atomic E-state index is -1.00. The normalized spacial score (nSPS) is 10.4. The predicted molar refractivity (Wildman–Crippen MR) is 52.0 cm³/mol. The van der Waals surface area contributed by atoms with Crippen LogP contribution in [-0.4, -0.2) is 31.9 Å². The highest BCUT2D eigenvalue weighted by molar-refractivity contribution is 5.95. The summed E-state index contributed by atoms with van der Waals surface area (Å²) >= 11 is 0. The Morgan fingerprint density at radius 1 is 1.13 bits per heavy atom. The number of methoxy groups -OCH3 is 2. The van der Waals surface area contributed by atoms with Crippen molar-refractivity contribution in [3.8, 4) is 0 Å². The summed E-state index contributed by atoms with van der Waals surface area (Å²) in [6.45, 7) is 1.38. The van der Waals surface area contributed by atoms with Crippen LogP contribution in [0.25, 0.3) is 0 Å². The van der Waals surface area contributed by atoms with Crippen LogP contribution >= 0.6 is 0 Å². The van der Waals surface area contributed by atoms with E-state index in [0.29, 0.717) is 0 Å². The second kappa shape index (κ2) is 6.75. The second-order valence-electron chi connectivity index (χ2n) is 2.85. The SMILES string of the molecule is COC(=O)C(C/C=C/C(C)=O)C(=O)OC. The molecule has 0 aliphatic carbocycles. The summed E-state index contributed by atoms with van der Waals surface area (Å²) in [5.41, 5.74) is 0. The molecule has 0 heterocycles. The maximum atomic E-state index is 11.1.